The first kappa shape index (κ1) is 27.2. The molecule has 2 aliphatic heterocycles. The van der Waals surface area contributed by atoms with Gasteiger partial charge in [-0.2, -0.15) is 0 Å². The third-order valence-corrected chi connectivity index (χ3v) is 8.61. The molecule has 3 aromatic rings. The lowest BCUT2D eigenvalue weighted by Gasteiger charge is -2.33. The van der Waals surface area contributed by atoms with E-state index in [-0.39, 0.29) is 35.7 Å². The van der Waals surface area contributed by atoms with Crippen molar-refractivity contribution in [3.05, 3.63) is 75.3 Å². The lowest BCUT2D eigenvalue weighted by Crippen LogP contribution is -2.43. The Morgan fingerprint density at radius 1 is 1.08 bits per heavy atom. The number of thioether (sulfide) groups is 1. The van der Waals surface area contributed by atoms with Gasteiger partial charge in [-0.25, -0.2) is 0 Å². The summed E-state index contributed by atoms with van der Waals surface area (Å²) in [5.41, 5.74) is 3.20. The Kier molecular flexibility index (Phi) is 7.96. The van der Waals surface area contributed by atoms with E-state index in [9.17, 15) is 19.2 Å². The van der Waals surface area contributed by atoms with Gasteiger partial charge in [0.1, 0.15) is 6.54 Å². The van der Waals surface area contributed by atoms with E-state index in [1.807, 2.05) is 33.9 Å². The molecule has 3 amide bonds. The number of halogens is 1. The molecular weight excluding hydrogens is 534 g/mol. The Bertz CT molecular complexity index is 1490. The van der Waals surface area contributed by atoms with Crippen molar-refractivity contribution in [1.82, 2.24) is 14.4 Å². The molecule has 2 aliphatic rings. The van der Waals surface area contributed by atoms with E-state index in [1.165, 1.54) is 0 Å². The van der Waals surface area contributed by atoms with Crippen LogP contribution in [0.1, 0.15) is 54.6 Å². The molecule has 2 aromatic carbocycles. The van der Waals surface area contributed by atoms with Gasteiger partial charge in [-0.1, -0.05) is 36.7 Å². The number of rotatable bonds is 7. The number of carbonyl (C=O) groups excluding carboxylic acids is 4. The smallest absolute Gasteiger partial charge is 0.293 e. The van der Waals surface area contributed by atoms with E-state index in [1.54, 1.807) is 30.3 Å². The number of likely N-dealkylation sites (tertiary alicyclic amines) is 1. The zero-order valence-corrected chi connectivity index (χ0v) is 23.6. The molecule has 39 heavy (non-hydrogen) atoms. The summed E-state index contributed by atoms with van der Waals surface area (Å²) in [6, 6.07) is 12.6. The van der Waals surface area contributed by atoms with Crippen LogP contribution in [-0.2, 0) is 22.6 Å². The Labute approximate surface area is 236 Å². The molecule has 5 rings (SSSR count). The maximum absolute atomic E-state index is 13.3. The highest BCUT2D eigenvalue weighted by atomic mass is 35.5. The van der Waals surface area contributed by atoms with Crippen LogP contribution in [0.5, 0.6) is 0 Å². The molecule has 0 spiro atoms. The second-order valence-electron chi connectivity index (χ2n) is 10.0. The Morgan fingerprint density at radius 3 is 2.56 bits per heavy atom. The highest BCUT2D eigenvalue weighted by molar-refractivity contribution is 8.18. The van der Waals surface area contributed by atoms with E-state index in [4.69, 9.17) is 11.6 Å². The minimum Gasteiger partial charge on any atom is -0.338 e. The van der Waals surface area contributed by atoms with Gasteiger partial charge in [0.25, 0.3) is 11.1 Å². The normalized spacial score (nSPS) is 18.9. The number of aromatic nitrogens is 1. The van der Waals surface area contributed by atoms with Crippen molar-refractivity contribution in [2.24, 2.45) is 0 Å². The minimum absolute atomic E-state index is 0.0811. The lowest BCUT2D eigenvalue weighted by atomic mass is 10.0. The van der Waals surface area contributed by atoms with Crippen LogP contribution in [0.3, 0.4) is 0 Å². The van der Waals surface area contributed by atoms with E-state index >= 15 is 0 Å². The molecule has 202 valence electrons. The zero-order valence-electron chi connectivity index (χ0n) is 22.0. The average molecular weight is 564 g/mol. The van der Waals surface area contributed by atoms with Gasteiger partial charge in [0.05, 0.1) is 17.0 Å². The van der Waals surface area contributed by atoms with Gasteiger partial charge in [-0.3, -0.25) is 24.1 Å². The monoisotopic (exact) mass is 563 g/mol. The molecule has 1 atom stereocenters. The quantitative estimate of drug-likeness (QED) is 0.253. The number of hydrogen-bond acceptors (Lipinski definition) is 5. The number of carbonyl (C=O) groups is 4. The van der Waals surface area contributed by atoms with Gasteiger partial charge in [0.15, 0.2) is 5.78 Å². The molecule has 0 unspecified atom stereocenters. The molecule has 0 radical (unpaired) electrons. The van der Waals surface area contributed by atoms with Gasteiger partial charge >= 0.3 is 0 Å². The summed E-state index contributed by atoms with van der Waals surface area (Å²) in [4.78, 5) is 55.1. The summed E-state index contributed by atoms with van der Waals surface area (Å²) in [5, 5.41) is 0.928. The van der Waals surface area contributed by atoms with E-state index in [2.05, 4.69) is 13.8 Å². The molecule has 0 N–H and O–H groups in total. The third-order valence-electron chi connectivity index (χ3n) is 7.45. The second kappa shape index (κ2) is 11.4. The fraction of sp³-hybridized carbons (Fsp3) is 0.333. The fourth-order valence-corrected chi connectivity index (χ4v) is 6.30. The van der Waals surface area contributed by atoms with Crippen molar-refractivity contribution in [3.8, 4) is 0 Å². The SMILES string of the molecule is CCc1cccc2c(/C=C3\SC(=O)N(CC(=O)c4ccc(Cl)cc4)C3=O)cn(CC(=O)N3CCCC[C@H]3C)c12. The van der Waals surface area contributed by atoms with Crippen molar-refractivity contribution in [2.45, 2.75) is 52.1 Å². The highest BCUT2D eigenvalue weighted by Crippen LogP contribution is 2.35. The first-order valence-corrected chi connectivity index (χ1v) is 14.4. The number of hydrogen-bond donors (Lipinski definition) is 0. The van der Waals surface area contributed by atoms with Gasteiger partial charge < -0.3 is 9.47 Å². The first-order chi connectivity index (χ1) is 18.8. The standard InChI is InChI=1S/C30H30ClN3O4S/c1-3-20-8-6-9-24-22(16-32(28(20)24)18-27(36)33-14-5-4-7-19(33)2)15-26-29(37)34(30(38)39-26)17-25(35)21-10-12-23(31)13-11-21/h6,8-13,15-16,19H,3-5,7,14,17-18H2,1-2H3/b26-15-/t19-/m1/s1. The van der Waals surface area contributed by atoms with Crippen LogP contribution in [0.4, 0.5) is 4.79 Å². The van der Waals surface area contributed by atoms with Gasteiger partial charge in [-0.15, -0.1) is 0 Å². The third kappa shape index (κ3) is 5.54. The number of ketones is 1. The largest absolute Gasteiger partial charge is 0.338 e. The van der Waals surface area contributed by atoms with Crippen LogP contribution >= 0.6 is 23.4 Å². The molecule has 0 bridgehead atoms. The maximum Gasteiger partial charge on any atom is 0.293 e. The predicted molar refractivity (Wildman–Crippen MR) is 155 cm³/mol. The van der Waals surface area contributed by atoms with Crippen molar-refractivity contribution in [2.75, 3.05) is 13.1 Å². The Morgan fingerprint density at radius 2 is 1.85 bits per heavy atom. The predicted octanol–water partition coefficient (Wildman–Crippen LogP) is 6.18. The van der Waals surface area contributed by atoms with Gasteiger partial charge in [-0.05, 0) is 80.3 Å². The Balaban J connectivity index is 1.43. The number of Topliss-reactive ketones (excluding diaryl/α,β-unsaturated/α-hetero) is 1. The van der Waals surface area contributed by atoms with Crippen LogP contribution in [0.15, 0.2) is 53.6 Å². The summed E-state index contributed by atoms with van der Waals surface area (Å²) in [5.74, 6) is -0.763. The number of fused-ring (bicyclic) bond motifs is 1. The second-order valence-corrected chi connectivity index (χ2v) is 11.4. The maximum atomic E-state index is 13.3. The zero-order chi connectivity index (χ0) is 27.7. The van der Waals surface area contributed by atoms with Crippen LogP contribution in [0, 0.1) is 0 Å². The summed E-state index contributed by atoms with van der Waals surface area (Å²) >= 11 is 6.72. The molecule has 0 aliphatic carbocycles. The number of nitrogens with zero attached hydrogens (tertiary/aromatic N) is 3. The molecule has 9 heteroatoms. The highest BCUT2D eigenvalue weighted by Gasteiger charge is 2.36. The lowest BCUT2D eigenvalue weighted by molar-refractivity contribution is -0.135. The fourth-order valence-electron chi connectivity index (χ4n) is 5.34. The minimum atomic E-state index is -0.502. The average Bonchev–Trinajstić information content (AvgIpc) is 3.40. The number of para-hydroxylation sites is 1. The van der Waals surface area contributed by atoms with Gasteiger partial charge in [0.2, 0.25) is 5.91 Å². The van der Waals surface area contributed by atoms with Crippen LogP contribution in [0.2, 0.25) is 5.02 Å². The van der Waals surface area contributed by atoms with Crippen molar-refractivity contribution in [1.29, 1.82) is 0 Å². The number of piperidine rings is 1. The Hall–Kier alpha value is -3.36. The van der Waals surface area contributed by atoms with Crippen LogP contribution in [-0.4, -0.2) is 56.3 Å². The molecule has 0 saturated carbocycles. The molecule has 2 fully saturated rings. The van der Waals surface area contributed by atoms with Crippen molar-refractivity contribution in [3.63, 3.8) is 0 Å². The summed E-state index contributed by atoms with van der Waals surface area (Å²) in [6.45, 7) is 4.82. The number of imide groups is 1. The van der Waals surface area contributed by atoms with Crippen molar-refractivity contribution >= 4 is 63.2 Å². The van der Waals surface area contributed by atoms with Crippen LogP contribution < -0.4 is 0 Å². The summed E-state index contributed by atoms with van der Waals surface area (Å²) < 4.78 is 1.97. The van der Waals surface area contributed by atoms with Crippen molar-refractivity contribution < 1.29 is 19.2 Å². The topological polar surface area (TPSA) is 79.7 Å². The van der Waals surface area contributed by atoms with Gasteiger partial charge in [0, 0.05) is 40.3 Å². The number of aryl methyl sites for hydroxylation is 1. The molecule has 1 aromatic heterocycles. The molecule has 7 nitrogen and oxygen atoms in total. The molecular formula is C30H30ClN3O4S. The summed E-state index contributed by atoms with van der Waals surface area (Å²) in [6.07, 6.45) is 7.55. The van der Waals surface area contributed by atoms with E-state index in [0.29, 0.717) is 10.6 Å². The van der Waals surface area contributed by atoms with Crippen LogP contribution in [0.25, 0.3) is 17.0 Å². The number of benzene rings is 2. The first-order valence-electron chi connectivity index (χ1n) is 13.2. The van der Waals surface area contributed by atoms with E-state index in [0.717, 1.165) is 70.9 Å². The number of amides is 3. The summed E-state index contributed by atoms with van der Waals surface area (Å²) in [7, 11) is 0. The van der Waals surface area contributed by atoms with E-state index < -0.39 is 11.1 Å². The molecule has 2 saturated heterocycles. The molecule has 3 heterocycles.